The topological polar surface area (TPSA) is 127 Å². The minimum Gasteiger partial charge on any atom is -0.469 e. The quantitative estimate of drug-likeness (QED) is 0.703. The van der Waals surface area contributed by atoms with Crippen LogP contribution in [0.5, 0.6) is 0 Å². The molecule has 0 aliphatic heterocycles. The van der Waals surface area contributed by atoms with Crippen LogP contribution in [0.15, 0.2) is 0 Å². The zero-order chi connectivity index (χ0) is 14.8. The van der Waals surface area contributed by atoms with Gasteiger partial charge in [0.05, 0.1) is 24.3 Å². The number of rotatable bonds is 5. The molecule has 20 heavy (non-hydrogen) atoms. The molecule has 1 aliphatic rings. The predicted octanol–water partition coefficient (Wildman–Crippen LogP) is -0.478. The van der Waals surface area contributed by atoms with Crippen LogP contribution in [-0.4, -0.2) is 47.4 Å². The molecule has 1 saturated carbocycles. The molecule has 1 fully saturated rings. The fraction of sp³-hybridized carbons (Fsp3) is 0.800. The van der Waals surface area contributed by atoms with Crippen LogP contribution in [-0.2, 0) is 19.6 Å². The molecule has 1 aromatic rings. The Bertz CT molecular complexity index is 558. The van der Waals surface area contributed by atoms with E-state index < -0.39 is 33.2 Å². The predicted molar refractivity (Wildman–Crippen MR) is 67.8 cm³/mol. The molecular formula is C10H17N5O4S. The molecule has 9 nitrogen and oxygen atoms in total. The second-order valence-corrected chi connectivity index (χ2v) is 6.68. The summed E-state index contributed by atoms with van der Waals surface area (Å²) in [6, 6.07) is -0.613. The number of sulfonamides is 1. The Balaban J connectivity index is 2.11. The lowest BCUT2D eigenvalue weighted by atomic mass is 10.1. The summed E-state index contributed by atoms with van der Waals surface area (Å²) in [5.41, 5.74) is 0. The molecule has 1 aromatic heterocycles. The summed E-state index contributed by atoms with van der Waals surface area (Å²) < 4.78 is 31.9. The first-order valence-electron chi connectivity index (χ1n) is 6.28. The Morgan fingerprint density at radius 1 is 1.50 bits per heavy atom. The zero-order valence-corrected chi connectivity index (χ0v) is 12.1. The molecular weight excluding hydrogens is 286 g/mol. The fourth-order valence-corrected chi connectivity index (χ4v) is 4.39. The minimum absolute atomic E-state index is 0.251. The van der Waals surface area contributed by atoms with Crippen molar-refractivity contribution in [3.05, 3.63) is 5.82 Å². The van der Waals surface area contributed by atoms with E-state index in [4.69, 9.17) is 0 Å². The van der Waals surface area contributed by atoms with E-state index in [-0.39, 0.29) is 5.82 Å². The second kappa shape index (κ2) is 5.83. The third-order valence-electron chi connectivity index (χ3n) is 3.45. The number of esters is 1. The van der Waals surface area contributed by atoms with Crippen molar-refractivity contribution in [1.29, 1.82) is 0 Å². The van der Waals surface area contributed by atoms with E-state index in [1.54, 1.807) is 6.92 Å². The van der Waals surface area contributed by atoms with Crippen molar-refractivity contribution in [3.8, 4) is 0 Å². The van der Waals surface area contributed by atoms with E-state index in [9.17, 15) is 13.2 Å². The molecule has 1 heterocycles. The number of carbonyl (C=O) groups excluding carboxylic acids is 1. The lowest BCUT2D eigenvalue weighted by Gasteiger charge is -2.20. The van der Waals surface area contributed by atoms with Gasteiger partial charge in [0.1, 0.15) is 0 Å². The largest absolute Gasteiger partial charge is 0.469 e. The van der Waals surface area contributed by atoms with Crippen molar-refractivity contribution in [2.24, 2.45) is 5.92 Å². The van der Waals surface area contributed by atoms with Crippen molar-refractivity contribution in [1.82, 2.24) is 25.3 Å². The highest BCUT2D eigenvalue weighted by Crippen LogP contribution is 2.32. The lowest BCUT2D eigenvalue weighted by molar-refractivity contribution is -0.145. The van der Waals surface area contributed by atoms with Crippen molar-refractivity contribution in [2.45, 2.75) is 37.5 Å². The standard InChI is InChI=1S/C10H17N5O4S/c1-6(9-11-14-15-12-9)13-20(17,18)8-5-3-4-7(8)10(16)19-2/h6-8,13H,3-5H2,1-2H3,(H,11,12,14,15). The summed E-state index contributed by atoms with van der Waals surface area (Å²) in [5, 5.41) is 12.3. The maximum absolute atomic E-state index is 12.4. The van der Waals surface area contributed by atoms with Crippen LogP contribution in [0, 0.1) is 5.92 Å². The number of nitrogens with one attached hydrogen (secondary N) is 2. The average Bonchev–Trinajstić information content (AvgIpc) is 3.08. The van der Waals surface area contributed by atoms with Gasteiger partial charge in [-0.05, 0) is 19.8 Å². The number of carbonyl (C=O) groups is 1. The number of nitrogens with zero attached hydrogens (tertiary/aromatic N) is 3. The fourth-order valence-electron chi connectivity index (χ4n) is 2.46. The Kier molecular flexibility index (Phi) is 4.33. The zero-order valence-electron chi connectivity index (χ0n) is 11.2. The van der Waals surface area contributed by atoms with Crippen molar-refractivity contribution in [3.63, 3.8) is 0 Å². The summed E-state index contributed by atoms with van der Waals surface area (Å²) in [6.45, 7) is 1.62. The highest BCUT2D eigenvalue weighted by molar-refractivity contribution is 7.90. The summed E-state index contributed by atoms with van der Waals surface area (Å²) >= 11 is 0. The van der Waals surface area contributed by atoms with Crippen LogP contribution in [0.3, 0.4) is 0 Å². The first kappa shape index (κ1) is 14.9. The normalized spacial score (nSPS) is 24.5. The van der Waals surface area contributed by atoms with E-state index in [0.717, 1.165) is 0 Å². The maximum Gasteiger partial charge on any atom is 0.310 e. The number of methoxy groups -OCH3 is 1. The van der Waals surface area contributed by atoms with Gasteiger partial charge in [-0.25, -0.2) is 13.1 Å². The van der Waals surface area contributed by atoms with Gasteiger partial charge >= 0.3 is 5.97 Å². The molecule has 10 heteroatoms. The van der Waals surface area contributed by atoms with Gasteiger partial charge in [0, 0.05) is 0 Å². The molecule has 112 valence electrons. The van der Waals surface area contributed by atoms with Gasteiger partial charge in [-0.2, -0.15) is 5.21 Å². The molecule has 0 amide bonds. The van der Waals surface area contributed by atoms with Crippen molar-refractivity contribution < 1.29 is 17.9 Å². The molecule has 0 bridgehead atoms. The Labute approximate surface area is 116 Å². The maximum atomic E-state index is 12.4. The number of hydrogen-bond donors (Lipinski definition) is 2. The molecule has 0 aromatic carbocycles. The molecule has 2 N–H and O–H groups in total. The van der Waals surface area contributed by atoms with Crippen LogP contribution in [0.1, 0.15) is 38.1 Å². The van der Waals surface area contributed by atoms with Crippen LogP contribution in [0.25, 0.3) is 0 Å². The second-order valence-electron chi connectivity index (χ2n) is 4.75. The van der Waals surface area contributed by atoms with Gasteiger partial charge in [-0.3, -0.25) is 4.79 Å². The first-order valence-corrected chi connectivity index (χ1v) is 7.82. The molecule has 1 aliphatic carbocycles. The number of tetrazole rings is 1. The highest BCUT2D eigenvalue weighted by Gasteiger charge is 2.42. The number of aromatic nitrogens is 4. The molecule has 3 unspecified atom stereocenters. The summed E-state index contributed by atoms with van der Waals surface area (Å²) in [7, 11) is -2.40. The molecule has 2 rings (SSSR count). The highest BCUT2D eigenvalue weighted by atomic mass is 32.2. The van der Waals surface area contributed by atoms with Crippen molar-refractivity contribution >= 4 is 16.0 Å². The Morgan fingerprint density at radius 2 is 2.25 bits per heavy atom. The third kappa shape index (κ3) is 2.96. The SMILES string of the molecule is COC(=O)C1CCCC1S(=O)(=O)NC(C)c1nn[nH]n1. The average molecular weight is 303 g/mol. The van der Waals surface area contributed by atoms with Gasteiger partial charge in [0.15, 0.2) is 5.82 Å². The van der Waals surface area contributed by atoms with Crippen LogP contribution < -0.4 is 4.72 Å². The van der Waals surface area contributed by atoms with Crippen molar-refractivity contribution in [2.75, 3.05) is 7.11 Å². The Hall–Kier alpha value is -1.55. The van der Waals surface area contributed by atoms with E-state index in [1.165, 1.54) is 7.11 Å². The van der Waals surface area contributed by atoms with Crippen LogP contribution >= 0.6 is 0 Å². The van der Waals surface area contributed by atoms with Crippen LogP contribution in [0.4, 0.5) is 0 Å². The van der Waals surface area contributed by atoms with Gasteiger partial charge in [0.25, 0.3) is 0 Å². The smallest absolute Gasteiger partial charge is 0.310 e. The van der Waals surface area contributed by atoms with E-state index in [2.05, 4.69) is 30.1 Å². The molecule has 0 radical (unpaired) electrons. The van der Waals surface area contributed by atoms with E-state index in [1.807, 2.05) is 0 Å². The number of ether oxygens (including phenoxy) is 1. The number of aromatic amines is 1. The van der Waals surface area contributed by atoms with E-state index in [0.29, 0.717) is 19.3 Å². The minimum atomic E-state index is -3.66. The molecule has 0 spiro atoms. The Morgan fingerprint density at radius 3 is 2.85 bits per heavy atom. The third-order valence-corrected chi connectivity index (χ3v) is 5.49. The summed E-state index contributed by atoms with van der Waals surface area (Å²) in [4.78, 5) is 11.6. The van der Waals surface area contributed by atoms with Gasteiger partial charge < -0.3 is 4.74 Å². The van der Waals surface area contributed by atoms with E-state index >= 15 is 0 Å². The summed E-state index contributed by atoms with van der Waals surface area (Å²) in [5.74, 6) is -0.846. The number of hydrogen-bond acceptors (Lipinski definition) is 7. The first-order chi connectivity index (χ1) is 9.45. The monoisotopic (exact) mass is 303 g/mol. The summed E-state index contributed by atoms with van der Waals surface area (Å²) in [6.07, 6.45) is 1.64. The lowest BCUT2D eigenvalue weighted by Crippen LogP contribution is -2.40. The van der Waals surface area contributed by atoms with Crippen LogP contribution in [0.2, 0.25) is 0 Å². The molecule has 0 saturated heterocycles. The van der Waals surface area contributed by atoms with Gasteiger partial charge in [-0.15, -0.1) is 10.2 Å². The van der Waals surface area contributed by atoms with Gasteiger partial charge in [0.2, 0.25) is 10.0 Å². The number of H-pyrrole nitrogens is 1. The van der Waals surface area contributed by atoms with Gasteiger partial charge in [-0.1, -0.05) is 11.6 Å². The molecule has 3 atom stereocenters.